The minimum atomic E-state index is 0.620. The van der Waals surface area contributed by atoms with Crippen LogP contribution in [0.4, 0.5) is 0 Å². The molecule has 0 fully saturated rings. The third kappa shape index (κ3) is 5.41. The first-order valence-electron chi connectivity index (χ1n) is 10.8. The Morgan fingerprint density at radius 3 is 2.72 bits per heavy atom. The molecule has 0 aliphatic heterocycles. The van der Waals surface area contributed by atoms with Gasteiger partial charge >= 0.3 is 0 Å². The fraction of sp³-hybridized carbons (Fsp3) is 0.360. The third-order valence-electron chi connectivity index (χ3n) is 5.36. The van der Waals surface area contributed by atoms with E-state index in [-0.39, 0.29) is 0 Å². The van der Waals surface area contributed by atoms with E-state index in [0.29, 0.717) is 13.0 Å². The molecule has 3 rings (SSSR count). The summed E-state index contributed by atoms with van der Waals surface area (Å²) in [5.41, 5.74) is 4.35. The molecule has 1 aromatic heterocycles. The largest absolute Gasteiger partial charge is 0.493 e. The lowest BCUT2D eigenvalue weighted by Crippen LogP contribution is -2.37. The Morgan fingerprint density at radius 1 is 1.19 bits per heavy atom. The summed E-state index contributed by atoms with van der Waals surface area (Å²) in [6.45, 7) is 8.22. The van der Waals surface area contributed by atoms with Crippen LogP contribution in [0, 0.1) is 6.92 Å². The van der Waals surface area contributed by atoms with Crippen LogP contribution in [0.15, 0.2) is 54.0 Å². The number of aromatic nitrogens is 2. The molecular formula is C25H33N5O2. The quantitative estimate of drug-likeness (QED) is 0.219. The minimum absolute atomic E-state index is 0.620. The van der Waals surface area contributed by atoms with Gasteiger partial charge in [0.15, 0.2) is 17.5 Å². The van der Waals surface area contributed by atoms with E-state index in [1.165, 1.54) is 5.52 Å². The first-order chi connectivity index (χ1) is 15.6. The number of ether oxygens (including phenoxy) is 2. The molecule has 0 aliphatic carbocycles. The maximum Gasteiger partial charge on any atom is 0.191 e. The van der Waals surface area contributed by atoms with Crippen LogP contribution in [0.3, 0.4) is 0 Å². The number of aliphatic imine (C=N–C) groups is 1. The molecule has 32 heavy (non-hydrogen) atoms. The van der Waals surface area contributed by atoms with Gasteiger partial charge in [0, 0.05) is 32.2 Å². The van der Waals surface area contributed by atoms with Crippen molar-refractivity contribution in [2.45, 2.75) is 32.9 Å². The number of fused-ring (bicyclic) bond motifs is 1. The van der Waals surface area contributed by atoms with Crippen molar-refractivity contribution in [3.8, 4) is 11.5 Å². The van der Waals surface area contributed by atoms with Crippen LogP contribution >= 0.6 is 0 Å². The van der Waals surface area contributed by atoms with Gasteiger partial charge in [-0.2, -0.15) is 0 Å². The Kier molecular flexibility index (Phi) is 8.14. The number of methoxy groups -OCH3 is 2. The number of rotatable bonds is 10. The number of hydrogen-bond acceptors (Lipinski definition) is 4. The lowest BCUT2D eigenvalue weighted by atomic mass is 10.1. The van der Waals surface area contributed by atoms with Gasteiger partial charge in [0.1, 0.15) is 5.82 Å². The summed E-state index contributed by atoms with van der Waals surface area (Å²) in [7, 11) is 5.08. The van der Waals surface area contributed by atoms with Gasteiger partial charge in [-0.15, -0.1) is 6.58 Å². The van der Waals surface area contributed by atoms with Gasteiger partial charge in [0.2, 0.25) is 0 Å². The highest BCUT2D eigenvalue weighted by atomic mass is 16.5. The van der Waals surface area contributed by atoms with Crippen LogP contribution in [0.1, 0.15) is 23.4 Å². The average molecular weight is 436 g/mol. The maximum atomic E-state index is 5.52. The molecule has 3 aromatic rings. The molecule has 1 heterocycles. The zero-order chi connectivity index (χ0) is 22.9. The van der Waals surface area contributed by atoms with Crippen LogP contribution in [-0.2, 0) is 19.5 Å². The number of benzene rings is 2. The highest BCUT2D eigenvalue weighted by Crippen LogP contribution is 2.33. The Morgan fingerprint density at radius 2 is 2.00 bits per heavy atom. The fourth-order valence-corrected chi connectivity index (χ4v) is 3.84. The molecule has 0 amide bonds. The molecule has 7 heteroatoms. The first kappa shape index (κ1) is 23.2. The molecule has 0 bridgehead atoms. The van der Waals surface area contributed by atoms with E-state index in [1.807, 2.05) is 18.2 Å². The van der Waals surface area contributed by atoms with Gasteiger partial charge in [0.25, 0.3) is 0 Å². The van der Waals surface area contributed by atoms with E-state index >= 15 is 0 Å². The smallest absolute Gasteiger partial charge is 0.191 e. The highest BCUT2D eigenvalue weighted by Gasteiger charge is 2.12. The molecule has 2 N–H and O–H groups in total. The number of nitrogens with one attached hydrogen (secondary N) is 2. The van der Waals surface area contributed by atoms with Crippen LogP contribution in [0.25, 0.3) is 11.0 Å². The van der Waals surface area contributed by atoms with E-state index in [1.54, 1.807) is 21.3 Å². The van der Waals surface area contributed by atoms with Crippen molar-refractivity contribution in [3.63, 3.8) is 0 Å². The van der Waals surface area contributed by atoms with Gasteiger partial charge in [-0.1, -0.05) is 18.2 Å². The second-order valence-corrected chi connectivity index (χ2v) is 7.49. The summed E-state index contributed by atoms with van der Waals surface area (Å²) < 4.78 is 13.3. The number of imidazole rings is 1. The number of allylic oxidation sites excluding steroid dienone is 1. The lowest BCUT2D eigenvalue weighted by Gasteiger charge is -2.16. The second-order valence-electron chi connectivity index (χ2n) is 7.49. The van der Waals surface area contributed by atoms with E-state index in [2.05, 4.69) is 62.9 Å². The Labute approximate surface area is 190 Å². The topological polar surface area (TPSA) is 72.7 Å². The summed E-state index contributed by atoms with van der Waals surface area (Å²) in [4.78, 5) is 8.98. The number of nitrogens with zero attached hydrogens (tertiary/aromatic N) is 3. The van der Waals surface area contributed by atoms with E-state index < -0.39 is 0 Å². The van der Waals surface area contributed by atoms with Gasteiger partial charge in [0.05, 0.1) is 25.3 Å². The summed E-state index contributed by atoms with van der Waals surface area (Å²) in [5, 5.41) is 6.77. The van der Waals surface area contributed by atoms with Crippen LogP contribution in [0.2, 0.25) is 0 Å². The molecule has 0 spiro atoms. The normalized spacial score (nSPS) is 11.4. The lowest BCUT2D eigenvalue weighted by molar-refractivity contribution is 0.352. The van der Waals surface area contributed by atoms with Gasteiger partial charge < -0.3 is 24.7 Å². The summed E-state index contributed by atoms with van der Waals surface area (Å²) in [6, 6.07) is 12.3. The minimum Gasteiger partial charge on any atom is -0.493 e. The molecule has 0 aliphatic rings. The highest BCUT2D eigenvalue weighted by molar-refractivity contribution is 5.79. The third-order valence-corrected chi connectivity index (χ3v) is 5.36. The van der Waals surface area contributed by atoms with E-state index in [4.69, 9.17) is 9.47 Å². The second kappa shape index (κ2) is 11.2. The monoisotopic (exact) mass is 435 g/mol. The molecule has 7 nitrogen and oxygen atoms in total. The van der Waals surface area contributed by atoms with E-state index in [9.17, 15) is 0 Å². The van der Waals surface area contributed by atoms with Gasteiger partial charge in [-0.3, -0.25) is 4.99 Å². The van der Waals surface area contributed by atoms with Crippen molar-refractivity contribution in [1.29, 1.82) is 0 Å². The Balaban J connectivity index is 1.55. The van der Waals surface area contributed by atoms with Crippen molar-refractivity contribution in [2.75, 3.05) is 27.8 Å². The SMILES string of the molecule is C=CCc1cc(CNC(=NC)NCCCn2c(C)nc3ccccc32)cc(OC)c1OC. The van der Waals surface area contributed by atoms with Crippen LogP contribution in [0.5, 0.6) is 11.5 Å². The number of aryl methyl sites for hydroxylation is 2. The number of para-hydroxylation sites is 2. The zero-order valence-electron chi connectivity index (χ0n) is 19.4. The Bertz CT molecular complexity index is 1090. The van der Waals surface area contributed by atoms with Crippen molar-refractivity contribution >= 4 is 17.0 Å². The molecule has 0 atom stereocenters. The molecule has 170 valence electrons. The predicted molar refractivity (Wildman–Crippen MR) is 131 cm³/mol. The molecule has 2 aromatic carbocycles. The predicted octanol–water partition coefficient (Wildman–Crippen LogP) is 3.85. The average Bonchev–Trinajstić information content (AvgIpc) is 3.13. The summed E-state index contributed by atoms with van der Waals surface area (Å²) in [5.74, 6) is 3.27. The van der Waals surface area contributed by atoms with Crippen molar-refractivity contribution in [1.82, 2.24) is 20.2 Å². The standard InChI is InChI=1S/C25H33N5O2/c1-6-10-20-15-19(16-23(31-4)24(20)32-5)17-28-25(26-3)27-13-9-14-30-18(2)29-21-11-7-8-12-22(21)30/h6-8,11-12,15-16H,1,9-10,13-14,17H2,2-5H3,(H2,26,27,28). The summed E-state index contributed by atoms with van der Waals surface area (Å²) in [6.07, 6.45) is 3.53. The van der Waals surface area contributed by atoms with Gasteiger partial charge in [-0.05, 0) is 49.6 Å². The maximum absolute atomic E-state index is 5.52. The van der Waals surface area contributed by atoms with Crippen molar-refractivity contribution in [2.24, 2.45) is 4.99 Å². The van der Waals surface area contributed by atoms with Crippen molar-refractivity contribution < 1.29 is 9.47 Å². The fourth-order valence-electron chi connectivity index (χ4n) is 3.84. The van der Waals surface area contributed by atoms with Gasteiger partial charge in [-0.25, -0.2) is 4.98 Å². The van der Waals surface area contributed by atoms with E-state index in [0.717, 1.165) is 59.4 Å². The van der Waals surface area contributed by atoms with Crippen LogP contribution < -0.4 is 20.1 Å². The molecule has 0 saturated heterocycles. The number of hydrogen-bond donors (Lipinski definition) is 2. The molecule has 0 saturated carbocycles. The molecule has 0 unspecified atom stereocenters. The number of guanidine groups is 1. The molecule has 0 radical (unpaired) electrons. The first-order valence-corrected chi connectivity index (χ1v) is 10.8. The van der Waals surface area contributed by atoms with Crippen molar-refractivity contribution in [3.05, 3.63) is 66.0 Å². The van der Waals surface area contributed by atoms with Crippen LogP contribution in [-0.4, -0.2) is 43.3 Å². The Hall–Kier alpha value is -3.48. The summed E-state index contributed by atoms with van der Waals surface area (Å²) >= 11 is 0. The zero-order valence-corrected chi connectivity index (χ0v) is 19.4. The molecular weight excluding hydrogens is 402 g/mol.